The molecule has 8 aromatic rings. The Morgan fingerprint density at radius 2 is 0.698 bits per heavy atom. The molecule has 0 fully saturated rings. The molecule has 448 valence electrons. The smallest absolute Gasteiger partial charge is 0.295 e. The molecular formula is C54H44N4O22S6. The van der Waals surface area contributed by atoms with E-state index in [4.69, 9.17) is 0 Å². The van der Waals surface area contributed by atoms with E-state index in [1.807, 2.05) is 0 Å². The fraction of sp³-hybridized carbons (Fsp3) is 0.0926. The van der Waals surface area contributed by atoms with Crippen LogP contribution in [0.3, 0.4) is 0 Å². The highest BCUT2D eigenvalue weighted by Crippen LogP contribution is 2.39. The summed E-state index contributed by atoms with van der Waals surface area (Å²) in [7, 11) is -30.7. The number of aryl methyl sites for hydroxylation is 2. The van der Waals surface area contributed by atoms with Crippen LogP contribution in [0.15, 0.2) is 163 Å². The molecule has 0 radical (unpaired) electrons. The Balaban J connectivity index is 0.946. The molecule has 0 saturated heterocycles. The SMILES string of the molecule is Cc1ccc(C(=O)Nc2ccc(S(C)(=O)=O)c3cc(S(=O)(=O)O)cc(S(=O)(=O)O)c23)cc1NC(=O)c1cccc(CC(=O)Cc2cccc(C(=O)Nc3cc(C(=O)Nc4ccc(S(=O)(=O)O)c5cc(S(=O)(=O)O)cc(S(=O)(=O)O)c45)ccc3C)c2)c1. The predicted octanol–water partition coefficient (Wildman–Crippen LogP) is 6.61. The van der Waals surface area contributed by atoms with Crippen molar-refractivity contribution in [2.75, 3.05) is 27.5 Å². The fourth-order valence-electron chi connectivity index (χ4n) is 8.99. The lowest BCUT2D eigenvalue weighted by molar-refractivity contribution is -0.117. The summed E-state index contributed by atoms with van der Waals surface area (Å²) in [5.74, 6) is -3.65. The van der Waals surface area contributed by atoms with Gasteiger partial charge in [0.25, 0.3) is 74.2 Å². The molecule has 32 heteroatoms. The van der Waals surface area contributed by atoms with E-state index in [0.29, 0.717) is 52.6 Å². The summed E-state index contributed by atoms with van der Waals surface area (Å²) in [6, 6.07) is 25.4. The Hall–Kier alpha value is -8.67. The molecule has 0 bridgehead atoms. The van der Waals surface area contributed by atoms with Crippen LogP contribution < -0.4 is 21.3 Å². The van der Waals surface area contributed by atoms with Gasteiger partial charge >= 0.3 is 0 Å². The molecule has 0 aliphatic carbocycles. The second-order valence-corrected chi connectivity index (χ2v) is 28.2. The molecule has 26 nitrogen and oxygen atoms in total. The Morgan fingerprint density at radius 3 is 1.05 bits per heavy atom. The van der Waals surface area contributed by atoms with Gasteiger partial charge in [-0.2, -0.15) is 42.1 Å². The highest BCUT2D eigenvalue weighted by Gasteiger charge is 2.30. The van der Waals surface area contributed by atoms with Crippen LogP contribution in [0.25, 0.3) is 21.5 Å². The lowest BCUT2D eigenvalue weighted by atomic mass is 9.99. The van der Waals surface area contributed by atoms with Gasteiger partial charge in [-0.05, 0) is 133 Å². The van der Waals surface area contributed by atoms with Gasteiger partial charge in [-0.3, -0.25) is 46.7 Å². The van der Waals surface area contributed by atoms with E-state index in [2.05, 4.69) is 21.3 Å². The molecule has 0 heterocycles. The number of benzene rings is 8. The minimum Gasteiger partial charge on any atom is -0.322 e. The Labute approximate surface area is 490 Å². The number of sulfone groups is 1. The van der Waals surface area contributed by atoms with Crippen molar-refractivity contribution in [3.05, 3.63) is 178 Å². The molecule has 0 aliphatic rings. The molecule has 0 aliphatic heterocycles. The summed E-state index contributed by atoms with van der Waals surface area (Å²) in [4.78, 5) is 61.9. The number of rotatable bonds is 18. The number of anilines is 4. The topological polar surface area (TPSA) is 439 Å². The van der Waals surface area contributed by atoms with Gasteiger partial charge in [-0.25, -0.2) is 8.42 Å². The van der Waals surface area contributed by atoms with Gasteiger partial charge in [0.1, 0.15) is 20.5 Å². The number of hydrogen-bond donors (Lipinski definition) is 9. The van der Waals surface area contributed by atoms with E-state index < -0.39 is 146 Å². The number of amides is 4. The maximum atomic E-state index is 13.7. The molecule has 0 atom stereocenters. The lowest BCUT2D eigenvalue weighted by Gasteiger charge is -2.16. The van der Waals surface area contributed by atoms with Crippen LogP contribution in [0.5, 0.6) is 0 Å². The normalized spacial score (nSPS) is 12.4. The van der Waals surface area contributed by atoms with Crippen molar-refractivity contribution in [3.63, 3.8) is 0 Å². The molecule has 0 spiro atoms. The number of carbonyl (C=O) groups is 5. The number of Topliss-reactive ketones (excluding diaryl/α,β-unsaturated/α-hetero) is 1. The fourth-order valence-corrected chi connectivity index (χ4v) is 13.3. The maximum Gasteiger partial charge on any atom is 0.295 e. The molecule has 4 amide bonds. The van der Waals surface area contributed by atoms with E-state index >= 15 is 0 Å². The Bertz CT molecular complexity index is 4700. The molecular weight excluding hydrogens is 1250 g/mol. The van der Waals surface area contributed by atoms with Gasteiger partial charge in [0.2, 0.25) is 0 Å². The average molecular weight is 1290 g/mol. The molecule has 0 unspecified atom stereocenters. The summed E-state index contributed by atoms with van der Waals surface area (Å²) in [6.45, 7) is 3.19. The monoisotopic (exact) mass is 1290 g/mol. The van der Waals surface area contributed by atoms with Crippen LogP contribution >= 0.6 is 0 Å². The Kier molecular flexibility index (Phi) is 17.2. The Morgan fingerprint density at radius 1 is 0.360 bits per heavy atom. The number of ketones is 1. The highest BCUT2D eigenvalue weighted by molar-refractivity contribution is 7.91. The molecule has 8 aromatic carbocycles. The number of carbonyl (C=O) groups excluding carboxylic acids is 5. The van der Waals surface area contributed by atoms with Crippen molar-refractivity contribution >= 4 is 134 Å². The first kappa shape index (κ1) is 63.4. The number of hydrogen-bond acceptors (Lipinski definition) is 17. The van der Waals surface area contributed by atoms with E-state index in [-0.39, 0.29) is 52.3 Å². The molecule has 0 aromatic heterocycles. The summed E-state index contributed by atoms with van der Waals surface area (Å²) in [5, 5.41) is 7.35. The van der Waals surface area contributed by atoms with E-state index in [9.17, 15) is 97.2 Å². The first-order valence-electron chi connectivity index (χ1n) is 24.2. The van der Waals surface area contributed by atoms with Crippen LogP contribution in [0.2, 0.25) is 0 Å². The first-order valence-corrected chi connectivity index (χ1v) is 33.3. The van der Waals surface area contributed by atoms with Crippen LogP contribution in [0, 0.1) is 13.8 Å². The zero-order valence-electron chi connectivity index (χ0n) is 44.2. The second kappa shape index (κ2) is 23.3. The van der Waals surface area contributed by atoms with E-state index in [1.54, 1.807) is 26.0 Å². The third-order valence-corrected chi connectivity index (χ3v) is 18.5. The van der Waals surface area contributed by atoms with Gasteiger partial charge in [0.05, 0.1) is 26.1 Å². The minimum absolute atomic E-state index is 0.0763. The highest BCUT2D eigenvalue weighted by atomic mass is 32.2. The van der Waals surface area contributed by atoms with Gasteiger partial charge < -0.3 is 21.3 Å². The number of nitrogens with one attached hydrogen (secondary N) is 4. The van der Waals surface area contributed by atoms with Crippen molar-refractivity contribution in [1.29, 1.82) is 0 Å². The zero-order chi connectivity index (χ0) is 63.4. The van der Waals surface area contributed by atoms with Crippen LogP contribution in [0.1, 0.15) is 63.7 Å². The zero-order valence-corrected chi connectivity index (χ0v) is 49.1. The van der Waals surface area contributed by atoms with E-state index in [1.165, 1.54) is 72.8 Å². The van der Waals surface area contributed by atoms with Crippen molar-refractivity contribution in [3.8, 4) is 0 Å². The van der Waals surface area contributed by atoms with Crippen LogP contribution in [-0.2, 0) is 78.1 Å². The molecule has 0 saturated carbocycles. The van der Waals surface area contributed by atoms with Gasteiger partial charge in [-0.1, -0.05) is 36.4 Å². The van der Waals surface area contributed by atoms with Crippen LogP contribution in [-0.4, -0.2) is 109 Å². The molecule has 8 rings (SSSR count). The first-order chi connectivity index (χ1) is 39.8. The average Bonchev–Trinajstić information content (AvgIpc) is 0.808. The summed E-state index contributed by atoms with van der Waals surface area (Å²) in [6.07, 6.45) is 0.368. The van der Waals surface area contributed by atoms with Crippen molar-refractivity contribution in [2.45, 2.75) is 56.1 Å². The number of fused-ring (bicyclic) bond motifs is 2. The third-order valence-electron chi connectivity index (χ3n) is 13.0. The summed E-state index contributed by atoms with van der Waals surface area (Å²) in [5.41, 5.74) is 0.900. The van der Waals surface area contributed by atoms with Gasteiger partial charge in [0, 0.05) is 74.3 Å². The lowest BCUT2D eigenvalue weighted by Crippen LogP contribution is -2.17. The largest absolute Gasteiger partial charge is 0.322 e. The predicted molar refractivity (Wildman–Crippen MR) is 310 cm³/mol. The third kappa shape index (κ3) is 14.2. The quantitative estimate of drug-likeness (QED) is 0.0408. The second-order valence-electron chi connectivity index (χ2n) is 19.2. The molecule has 86 heavy (non-hydrogen) atoms. The molecule has 9 N–H and O–H groups in total. The van der Waals surface area contributed by atoms with Crippen molar-refractivity contribution < 1.29 is 97.2 Å². The van der Waals surface area contributed by atoms with Crippen molar-refractivity contribution in [1.82, 2.24) is 0 Å². The summed E-state index contributed by atoms with van der Waals surface area (Å²) >= 11 is 0. The maximum absolute atomic E-state index is 13.7. The standard InChI is InChI=1S/C54H44N4O22S6/c1-28-10-12-34(53(62)55-41-14-16-45(81(3,64)65)39-24-37(82(66,67)68)26-47(49(39)41)85(75,76)77)22-43(28)57-51(60)32-8-4-6-30(18-32)20-36(59)21-31-7-5-9-33(19-31)52(61)58-44-23-35(13-11-29(44)2)54(63)56-42-15-17-46(84(72,73)74)40-25-38(83(69,70)71)27-48(50(40)42)86(78,79)80/h4-19,22-27H,20-21H2,1-3H3,(H,55,62)(H,56,63)(H,57,60)(H,58,61)(H,66,67,68)(H,69,70,71)(H,72,73,74)(H,75,76,77)(H,78,79,80). The van der Waals surface area contributed by atoms with Gasteiger partial charge in [0.15, 0.2) is 9.84 Å². The minimum atomic E-state index is -5.44. The van der Waals surface area contributed by atoms with Gasteiger partial charge in [-0.15, -0.1) is 0 Å². The van der Waals surface area contributed by atoms with E-state index in [0.717, 1.165) is 24.5 Å². The van der Waals surface area contributed by atoms with Crippen molar-refractivity contribution in [2.24, 2.45) is 0 Å². The summed E-state index contributed by atoms with van der Waals surface area (Å²) < 4.78 is 198. The van der Waals surface area contributed by atoms with Crippen LogP contribution in [0.4, 0.5) is 22.7 Å².